The molecule has 0 aliphatic heterocycles. The van der Waals surface area contributed by atoms with Gasteiger partial charge in [0.15, 0.2) is 0 Å². The molecule has 5 N–H and O–H groups in total. The van der Waals surface area contributed by atoms with E-state index in [1.165, 1.54) is 19.3 Å². The molecule has 1 heterocycles. The molecule has 0 spiro atoms. The van der Waals surface area contributed by atoms with Gasteiger partial charge in [0.1, 0.15) is 5.82 Å². The zero-order valence-electron chi connectivity index (χ0n) is 10.7. The summed E-state index contributed by atoms with van der Waals surface area (Å²) >= 11 is 0. The van der Waals surface area contributed by atoms with E-state index in [0.29, 0.717) is 23.1 Å². The highest BCUT2D eigenvalue weighted by Crippen LogP contribution is 2.66. The van der Waals surface area contributed by atoms with Crippen LogP contribution >= 0.6 is 0 Å². The van der Waals surface area contributed by atoms with Crippen LogP contribution in [0.3, 0.4) is 0 Å². The minimum Gasteiger partial charge on any atom is -0.397 e. The van der Waals surface area contributed by atoms with Crippen molar-refractivity contribution in [3.8, 4) is 0 Å². The molecule has 0 radical (unpaired) electrons. The lowest BCUT2D eigenvalue weighted by molar-refractivity contribution is 0.100. The molecule has 3 aliphatic carbocycles. The molecule has 3 saturated carbocycles. The van der Waals surface area contributed by atoms with Gasteiger partial charge in [0.05, 0.1) is 17.4 Å². The van der Waals surface area contributed by atoms with Gasteiger partial charge in [0.25, 0.3) is 5.91 Å². The predicted octanol–water partition coefficient (Wildman–Crippen LogP) is 1.22. The molecule has 4 rings (SSSR count). The molecular formula is C14H18N4O. The number of carbonyl (C=O) groups excluding carboxylic acids is 1. The molecule has 4 unspecified atom stereocenters. The number of carbonyl (C=O) groups is 1. The van der Waals surface area contributed by atoms with Crippen LogP contribution in [0, 0.1) is 23.7 Å². The Morgan fingerprint density at radius 3 is 2.63 bits per heavy atom. The van der Waals surface area contributed by atoms with Gasteiger partial charge in [-0.3, -0.25) is 4.79 Å². The van der Waals surface area contributed by atoms with Gasteiger partial charge in [0, 0.05) is 6.04 Å². The van der Waals surface area contributed by atoms with Gasteiger partial charge in [0.2, 0.25) is 0 Å². The van der Waals surface area contributed by atoms with E-state index in [1.54, 1.807) is 12.3 Å². The van der Waals surface area contributed by atoms with Crippen molar-refractivity contribution < 1.29 is 4.79 Å². The van der Waals surface area contributed by atoms with Crippen molar-refractivity contribution in [1.29, 1.82) is 0 Å². The Morgan fingerprint density at radius 2 is 2.00 bits per heavy atom. The first-order valence-corrected chi connectivity index (χ1v) is 6.97. The lowest BCUT2D eigenvalue weighted by atomic mass is 10.0. The number of primary amides is 1. The summed E-state index contributed by atoms with van der Waals surface area (Å²) in [5.74, 6) is 3.48. The van der Waals surface area contributed by atoms with Crippen LogP contribution < -0.4 is 16.8 Å². The topological polar surface area (TPSA) is 94.0 Å². The summed E-state index contributed by atoms with van der Waals surface area (Å²) in [6.07, 6.45) is 5.73. The Balaban J connectivity index is 1.57. The zero-order chi connectivity index (χ0) is 13.1. The maximum atomic E-state index is 11.5. The second kappa shape index (κ2) is 3.62. The number of nitrogen functional groups attached to an aromatic ring is 1. The quantitative estimate of drug-likeness (QED) is 0.759. The van der Waals surface area contributed by atoms with E-state index >= 15 is 0 Å². The number of pyridine rings is 1. The minimum atomic E-state index is -0.476. The van der Waals surface area contributed by atoms with Crippen molar-refractivity contribution in [3.05, 3.63) is 17.8 Å². The molecule has 1 aromatic heterocycles. The molecule has 2 bridgehead atoms. The van der Waals surface area contributed by atoms with Crippen molar-refractivity contribution in [2.45, 2.75) is 25.3 Å². The van der Waals surface area contributed by atoms with Gasteiger partial charge in [-0.15, -0.1) is 0 Å². The van der Waals surface area contributed by atoms with Crippen LogP contribution in [-0.4, -0.2) is 16.9 Å². The maximum Gasteiger partial charge on any atom is 0.252 e. The van der Waals surface area contributed by atoms with Crippen LogP contribution in [0.2, 0.25) is 0 Å². The molecule has 100 valence electrons. The van der Waals surface area contributed by atoms with Crippen molar-refractivity contribution in [1.82, 2.24) is 4.98 Å². The number of fused-ring (bicyclic) bond motifs is 5. The summed E-state index contributed by atoms with van der Waals surface area (Å²) in [4.78, 5) is 15.7. The molecule has 3 fully saturated rings. The number of hydrogen-bond acceptors (Lipinski definition) is 4. The highest BCUT2D eigenvalue weighted by Gasteiger charge is 2.65. The number of aromatic nitrogens is 1. The second-order valence-corrected chi connectivity index (χ2v) is 6.19. The van der Waals surface area contributed by atoms with Crippen LogP contribution in [0.5, 0.6) is 0 Å². The summed E-state index contributed by atoms with van der Waals surface area (Å²) in [6.45, 7) is 0. The monoisotopic (exact) mass is 258 g/mol. The Morgan fingerprint density at radius 1 is 1.32 bits per heavy atom. The average molecular weight is 258 g/mol. The van der Waals surface area contributed by atoms with E-state index in [0.717, 1.165) is 23.7 Å². The average Bonchev–Trinajstić information content (AvgIpc) is 2.79. The summed E-state index contributed by atoms with van der Waals surface area (Å²) in [5, 5.41) is 3.43. The lowest BCUT2D eigenvalue weighted by Gasteiger charge is -2.13. The summed E-state index contributed by atoms with van der Waals surface area (Å²) in [7, 11) is 0. The fourth-order valence-electron chi connectivity index (χ4n) is 4.46. The fourth-order valence-corrected chi connectivity index (χ4v) is 4.46. The van der Waals surface area contributed by atoms with Crippen molar-refractivity contribution >= 4 is 17.4 Å². The van der Waals surface area contributed by atoms with Crippen molar-refractivity contribution in [3.63, 3.8) is 0 Å². The number of nitrogens with two attached hydrogens (primary N) is 2. The predicted molar refractivity (Wildman–Crippen MR) is 72.4 cm³/mol. The van der Waals surface area contributed by atoms with Gasteiger partial charge in [-0.1, -0.05) is 0 Å². The third-order valence-corrected chi connectivity index (χ3v) is 5.21. The number of hydrogen-bond donors (Lipinski definition) is 3. The van der Waals surface area contributed by atoms with Gasteiger partial charge < -0.3 is 16.8 Å². The molecule has 1 amide bonds. The molecule has 5 heteroatoms. The standard InChI is InChI=1S/C14H18N4O/c15-8-4-9(13(16)19)14(17-5-8)18-12-10-6-1-2-7(3-6)11(10)12/h4-7,10-12H,1-3,15H2,(H2,16,19)(H,17,18). The third-order valence-electron chi connectivity index (χ3n) is 5.21. The van der Waals surface area contributed by atoms with Crippen LogP contribution in [0.15, 0.2) is 12.3 Å². The summed E-state index contributed by atoms with van der Waals surface area (Å²) in [5.41, 5.74) is 11.9. The number of amides is 1. The summed E-state index contributed by atoms with van der Waals surface area (Å²) < 4.78 is 0. The number of nitrogens with one attached hydrogen (secondary N) is 1. The van der Waals surface area contributed by atoms with E-state index in [1.807, 2.05) is 0 Å². The highest BCUT2D eigenvalue weighted by atomic mass is 16.1. The first-order valence-electron chi connectivity index (χ1n) is 6.97. The number of anilines is 2. The Hall–Kier alpha value is -1.78. The molecule has 19 heavy (non-hydrogen) atoms. The largest absolute Gasteiger partial charge is 0.397 e. The van der Waals surface area contributed by atoms with E-state index in [4.69, 9.17) is 11.5 Å². The van der Waals surface area contributed by atoms with Crippen LogP contribution in [0.4, 0.5) is 11.5 Å². The van der Waals surface area contributed by atoms with Crippen LogP contribution in [-0.2, 0) is 0 Å². The Bertz CT molecular complexity index is 542. The van der Waals surface area contributed by atoms with Crippen molar-refractivity contribution in [2.24, 2.45) is 29.4 Å². The molecule has 3 aliphatic rings. The second-order valence-electron chi connectivity index (χ2n) is 6.19. The van der Waals surface area contributed by atoms with E-state index in [9.17, 15) is 4.79 Å². The van der Waals surface area contributed by atoms with Gasteiger partial charge >= 0.3 is 0 Å². The van der Waals surface area contributed by atoms with Gasteiger partial charge in [-0.2, -0.15) is 0 Å². The first-order chi connectivity index (χ1) is 9.15. The van der Waals surface area contributed by atoms with Crippen molar-refractivity contribution in [2.75, 3.05) is 11.1 Å². The van der Waals surface area contributed by atoms with E-state index < -0.39 is 5.91 Å². The molecule has 0 saturated heterocycles. The Labute approximate surface area is 111 Å². The van der Waals surface area contributed by atoms with Gasteiger partial charge in [-0.05, 0) is 49.0 Å². The van der Waals surface area contributed by atoms with Crippen LogP contribution in [0.25, 0.3) is 0 Å². The minimum absolute atomic E-state index is 0.400. The number of rotatable bonds is 3. The highest BCUT2D eigenvalue weighted by molar-refractivity contribution is 5.98. The third kappa shape index (κ3) is 1.54. The smallest absolute Gasteiger partial charge is 0.252 e. The normalized spacial score (nSPS) is 38.0. The molecule has 0 aromatic carbocycles. The molecule has 4 atom stereocenters. The molecular weight excluding hydrogens is 240 g/mol. The van der Waals surface area contributed by atoms with E-state index in [2.05, 4.69) is 10.3 Å². The SMILES string of the molecule is NC(=O)c1cc(N)cnc1NC1C2C3CCC(C3)C12. The lowest BCUT2D eigenvalue weighted by Crippen LogP contribution is -2.19. The van der Waals surface area contributed by atoms with Gasteiger partial charge in [-0.25, -0.2) is 4.98 Å². The number of nitrogens with zero attached hydrogens (tertiary/aromatic N) is 1. The Kier molecular flexibility index (Phi) is 2.11. The molecule has 5 nitrogen and oxygen atoms in total. The van der Waals surface area contributed by atoms with E-state index in [-0.39, 0.29) is 0 Å². The first kappa shape index (κ1) is 11.1. The maximum absolute atomic E-state index is 11.5. The molecule has 1 aromatic rings. The fraction of sp³-hybridized carbons (Fsp3) is 0.571. The zero-order valence-corrected chi connectivity index (χ0v) is 10.7. The van der Waals surface area contributed by atoms with Crippen LogP contribution in [0.1, 0.15) is 29.6 Å². The summed E-state index contributed by atoms with van der Waals surface area (Å²) in [6, 6.07) is 2.09.